The van der Waals surface area contributed by atoms with Gasteiger partial charge in [-0.25, -0.2) is 4.79 Å². The van der Waals surface area contributed by atoms with Crippen molar-refractivity contribution in [2.45, 2.75) is 32.2 Å². The standard InChI is InChI=1S/C13H19N3O3S/c1-13(2,12(18)19)16-8-10(7-14-16)15-11(17)9-3-5-20-6-4-9/h7-9H,3-6H2,1-2H3,(H,15,17)(H,18,19). The number of nitrogens with one attached hydrogen (secondary N) is 1. The molecular weight excluding hydrogens is 278 g/mol. The Kier molecular flexibility index (Phi) is 4.37. The third-order valence-corrected chi connectivity index (χ3v) is 4.59. The van der Waals surface area contributed by atoms with E-state index >= 15 is 0 Å². The summed E-state index contributed by atoms with van der Waals surface area (Å²) < 4.78 is 1.35. The minimum Gasteiger partial charge on any atom is -0.479 e. The molecule has 6 nitrogen and oxygen atoms in total. The van der Waals surface area contributed by atoms with E-state index in [2.05, 4.69) is 10.4 Å². The molecule has 0 saturated carbocycles. The van der Waals surface area contributed by atoms with Gasteiger partial charge in [-0.1, -0.05) is 0 Å². The predicted octanol–water partition coefficient (Wildman–Crippen LogP) is 1.78. The summed E-state index contributed by atoms with van der Waals surface area (Å²) in [7, 11) is 0. The van der Waals surface area contributed by atoms with Gasteiger partial charge in [0.25, 0.3) is 0 Å². The van der Waals surface area contributed by atoms with Gasteiger partial charge >= 0.3 is 5.97 Å². The maximum absolute atomic E-state index is 12.1. The van der Waals surface area contributed by atoms with E-state index in [4.69, 9.17) is 5.11 Å². The molecule has 1 aromatic heterocycles. The number of amides is 1. The van der Waals surface area contributed by atoms with Gasteiger partial charge < -0.3 is 10.4 Å². The Labute approximate surface area is 121 Å². The number of carbonyl (C=O) groups excluding carboxylic acids is 1. The molecule has 20 heavy (non-hydrogen) atoms. The van der Waals surface area contributed by atoms with Crippen molar-refractivity contribution in [1.82, 2.24) is 9.78 Å². The summed E-state index contributed by atoms with van der Waals surface area (Å²) in [6, 6.07) is 0. The lowest BCUT2D eigenvalue weighted by Gasteiger charge is -2.20. The van der Waals surface area contributed by atoms with Crippen LogP contribution in [0.4, 0.5) is 5.69 Å². The molecule has 1 saturated heterocycles. The minimum atomic E-state index is -1.13. The van der Waals surface area contributed by atoms with Crippen LogP contribution in [0, 0.1) is 5.92 Å². The first-order valence-electron chi connectivity index (χ1n) is 6.58. The molecule has 0 spiro atoms. The van der Waals surface area contributed by atoms with Crippen molar-refractivity contribution < 1.29 is 14.7 Å². The van der Waals surface area contributed by atoms with Crippen LogP contribution in [0.5, 0.6) is 0 Å². The van der Waals surface area contributed by atoms with Crippen LogP contribution in [-0.2, 0) is 15.1 Å². The number of aromatic nitrogens is 2. The van der Waals surface area contributed by atoms with Crippen molar-refractivity contribution in [2.24, 2.45) is 5.92 Å². The summed E-state index contributed by atoms with van der Waals surface area (Å²) in [5.74, 6) is 1.11. The zero-order valence-corrected chi connectivity index (χ0v) is 12.4. The fraction of sp³-hybridized carbons (Fsp3) is 0.615. The van der Waals surface area contributed by atoms with Crippen LogP contribution < -0.4 is 5.32 Å². The van der Waals surface area contributed by atoms with Crippen molar-refractivity contribution >= 4 is 29.3 Å². The Balaban J connectivity index is 2.02. The first-order valence-corrected chi connectivity index (χ1v) is 7.74. The first kappa shape index (κ1) is 14.9. The molecule has 110 valence electrons. The Morgan fingerprint density at radius 2 is 2.10 bits per heavy atom. The molecule has 1 aromatic rings. The van der Waals surface area contributed by atoms with Crippen LogP contribution in [0.2, 0.25) is 0 Å². The van der Waals surface area contributed by atoms with Crippen molar-refractivity contribution in [3.05, 3.63) is 12.4 Å². The number of carbonyl (C=O) groups is 2. The molecule has 0 atom stereocenters. The van der Waals surface area contributed by atoms with Gasteiger partial charge in [0.2, 0.25) is 5.91 Å². The van der Waals surface area contributed by atoms with Crippen molar-refractivity contribution in [3.63, 3.8) is 0 Å². The summed E-state index contributed by atoms with van der Waals surface area (Å²) in [5.41, 5.74) is -0.590. The average molecular weight is 297 g/mol. The van der Waals surface area contributed by atoms with Gasteiger partial charge in [0.1, 0.15) is 0 Å². The number of carboxylic acids is 1. The lowest BCUT2D eigenvalue weighted by Crippen LogP contribution is -2.36. The van der Waals surface area contributed by atoms with Crippen molar-refractivity contribution in [1.29, 1.82) is 0 Å². The highest BCUT2D eigenvalue weighted by atomic mass is 32.2. The molecule has 0 bridgehead atoms. The number of nitrogens with zero attached hydrogens (tertiary/aromatic N) is 2. The quantitative estimate of drug-likeness (QED) is 0.885. The lowest BCUT2D eigenvalue weighted by atomic mass is 10.0. The normalized spacial score (nSPS) is 16.9. The fourth-order valence-electron chi connectivity index (χ4n) is 2.00. The van der Waals surface area contributed by atoms with E-state index in [9.17, 15) is 9.59 Å². The molecule has 2 heterocycles. The molecule has 2 N–H and O–H groups in total. The third kappa shape index (κ3) is 3.15. The SMILES string of the molecule is CC(C)(C(=O)O)n1cc(NC(=O)C2CCSCC2)cn1. The molecule has 2 rings (SSSR count). The minimum absolute atomic E-state index is 0.00187. The number of hydrogen-bond acceptors (Lipinski definition) is 4. The summed E-state index contributed by atoms with van der Waals surface area (Å²) in [6.07, 6.45) is 4.83. The van der Waals surface area contributed by atoms with E-state index in [1.54, 1.807) is 20.0 Å². The zero-order valence-electron chi connectivity index (χ0n) is 11.6. The van der Waals surface area contributed by atoms with Crippen LogP contribution in [0.15, 0.2) is 12.4 Å². The molecule has 7 heteroatoms. The maximum atomic E-state index is 12.1. The van der Waals surface area contributed by atoms with E-state index in [1.807, 2.05) is 11.8 Å². The Morgan fingerprint density at radius 1 is 1.45 bits per heavy atom. The number of rotatable bonds is 4. The Bertz CT molecular complexity index is 507. The molecule has 1 amide bonds. The van der Waals surface area contributed by atoms with Crippen molar-refractivity contribution in [3.8, 4) is 0 Å². The average Bonchev–Trinajstić information content (AvgIpc) is 2.88. The smallest absolute Gasteiger partial charge is 0.331 e. The topological polar surface area (TPSA) is 84.2 Å². The van der Waals surface area contributed by atoms with E-state index in [1.165, 1.54) is 10.9 Å². The monoisotopic (exact) mass is 297 g/mol. The maximum Gasteiger partial charge on any atom is 0.331 e. The van der Waals surface area contributed by atoms with Gasteiger partial charge in [0.15, 0.2) is 5.54 Å². The second kappa shape index (κ2) is 5.87. The van der Waals surface area contributed by atoms with Gasteiger partial charge in [-0.05, 0) is 38.2 Å². The molecule has 1 aliphatic rings. The number of thioether (sulfide) groups is 1. The number of hydrogen-bond donors (Lipinski definition) is 2. The van der Waals surface area contributed by atoms with Crippen LogP contribution >= 0.6 is 11.8 Å². The second-order valence-electron chi connectivity index (χ2n) is 5.41. The van der Waals surface area contributed by atoms with Crippen molar-refractivity contribution in [2.75, 3.05) is 16.8 Å². The van der Waals surface area contributed by atoms with Gasteiger partial charge in [0, 0.05) is 12.1 Å². The van der Waals surface area contributed by atoms with E-state index < -0.39 is 11.5 Å². The highest BCUT2D eigenvalue weighted by Gasteiger charge is 2.30. The van der Waals surface area contributed by atoms with Gasteiger partial charge in [-0.15, -0.1) is 0 Å². The summed E-state index contributed by atoms with van der Waals surface area (Å²) in [5, 5.41) is 16.0. The molecule has 0 radical (unpaired) electrons. The van der Waals surface area contributed by atoms with Crippen LogP contribution in [-0.4, -0.2) is 38.3 Å². The van der Waals surface area contributed by atoms with Gasteiger partial charge in [-0.2, -0.15) is 16.9 Å². The van der Waals surface area contributed by atoms with Crippen LogP contribution in [0.3, 0.4) is 0 Å². The lowest BCUT2D eigenvalue weighted by molar-refractivity contribution is -0.146. The molecule has 1 fully saturated rings. The van der Waals surface area contributed by atoms with E-state index in [-0.39, 0.29) is 11.8 Å². The number of carboxylic acid groups (broad SMARTS) is 1. The predicted molar refractivity (Wildman–Crippen MR) is 77.9 cm³/mol. The van der Waals surface area contributed by atoms with E-state index in [0.717, 1.165) is 24.3 Å². The largest absolute Gasteiger partial charge is 0.479 e. The summed E-state index contributed by atoms with van der Waals surface area (Å²) in [6.45, 7) is 3.12. The van der Waals surface area contributed by atoms with Gasteiger partial charge in [-0.3, -0.25) is 9.48 Å². The highest BCUT2D eigenvalue weighted by Crippen LogP contribution is 2.24. The molecule has 0 unspecified atom stereocenters. The molecular formula is C13H19N3O3S. The molecule has 0 aliphatic carbocycles. The van der Waals surface area contributed by atoms with Gasteiger partial charge in [0.05, 0.1) is 11.9 Å². The second-order valence-corrected chi connectivity index (χ2v) is 6.64. The highest BCUT2D eigenvalue weighted by molar-refractivity contribution is 7.99. The van der Waals surface area contributed by atoms with Crippen LogP contribution in [0.25, 0.3) is 0 Å². The summed E-state index contributed by atoms with van der Waals surface area (Å²) in [4.78, 5) is 23.2. The Morgan fingerprint density at radius 3 is 2.70 bits per heavy atom. The molecule has 0 aromatic carbocycles. The third-order valence-electron chi connectivity index (χ3n) is 3.54. The molecule has 1 aliphatic heterocycles. The Hall–Kier alpha value is -1.50. The van der Waals surface area contributed by atoms with Crippen LogP contribution in [0.1, 0.15) is 26.7 Å². The number of aliphatic carboxylic acids is 1. The number of anilines is 1. The first-order chi connectivity index (χ1) is 9.41. The van der Waals surface area contributed by atoms with E-state index in [0.29, 0.717) is 5.69 Å². The zero-order chi connectivity index (χ0) is 14.8. The fourth-order valence-corrected chi connectivity index (χ4v) is 3.10. The summed E-state index contributed by atoms with van der Waals surface area (Å²) >= 11 is 1.87.